The van der Waals surface area contributed by atoms with E-state index < -0.39 is 0 Å². The first kappa shape index (κ1) is 7.66. The van der Waals surface area contributed by atoms with Crippen molar-refractivity contribution in [2.75, 3.05) is 11.5 Å². The summed E-state index contributed by atoms with van der Waals surface area (Å²) in [5.74, 6) is 0. The van der Waals surface area contributed by atoms with Crippen LogP contribution in [-0.4, -0.2) is 0 Å². The Balaban J connectivity index is 3.27. The second kappa shape index (κ2) is 2.66. The Kier molecular flexibility index (Phi) is 1.85. The van der Waals surface area contributed by atoms with Gasteiger partial charge < -0.3 is 11.5 Å². The summed E-state index contributed by atoms with van der Waals surface area (Å²) in [6, 6.07) is 5.56. The van der Waals surface area contributed by atoms with Crippen molar-refractivity contribution in [3.8, 4) is 0 Å². The average Bonchev–Trinajstić information content (AvgIpc) is 1.94. The summed E-state index contributed by atoms with van der Waals surface area (Å²) in [5, 5.41) is 0. The zero-order valence-corrected chi connectivity index (χ0v) is 6.59. The number of nitrogen functional groups attached to an aromatic ring is 2. The molecule has 0 aliphatic heterocycles. The van der Waals surface area contributed by atoms with Gasteiger partial charge in [0.25, 0.3) is 0 Å². The standard InChI is InChI=1S/C9H12N2/c1-6(2)7-4-3-5-8(10)9(7)11/h3-5H,1,10-11H2,2H3. The van der Waals surface area contributed by atoms with Gasteiger partial charge in [-0.15, -0.1) is 0 Å². The van der Waals surface area contributed by atoms with E-state index in [-0.39, 0.29) is 0 Å². The van der Waals surface area contributed by atoms with E-state index in [0.29, 0.717) is 11.4 Å². The van der Waals surface area contributed by atoms with Crippen molar-refractivity contribution >= 4 is 16.9 Å². The van der Waals surface area contributed by atoms with Crippen molar-refractivity contribution in [3.05, 3.63) is 30.3 Å². The fourth-order valence-corrected chi connectivity index (χ4v) is 0.955. The second-order valence-electron chi connectivity index (χ2n) is 2.59. The molecule has 0 heterocycles. The van der Waals surface area contributed by atoms with Gasteiger partial charge in [0.1, 0.15) is 0 Å². The molecule has 0 saturated carbocycles. The molecule has 2 nitrogen and oxygen atoms in total. The minimum Gasteiger partial charge on any atom is -0.397 e. The number of hydrogen-bond donors (Lipinski definition) is 2. The van der Waals surface area contributed by atoms with Crippen LogP contribution in [-0.2, 0) is 0 Å². The summed E-state index contributed by atoms with van der Waals surface area (Å²) in [6.07, 6.45) is 0. The number of anilines is 2. The van der Waals surface area contributed by atoms with Gasteiger partial charge in [0.05, 0.1) is 11.4 Å². The van der Waals surface area contributed by atoms with E-state index in [1.165, 1.54) is 0 Å². The quantitative estimate of drug-likeness (QED) is 0.597. The summed E-state index contributed by atoms with van der Waals surface area (Å²) < 4.78 is 0. The molecule has 1 aromatic carbocycles. The van der Waals surface area contributed by atoms with Gasteiger partial charge in [-0.1, -0.05) is 18.7 Å². The van der Waals surface area contributed by atoms with Crippen LogP contribution in [0.2, 0.25) is 0 Å². The summed E-state index contributed by atoms with van der Waals surface area (Å²) in [4.78, 5) is 0. The maximum absolute atomic E-state index is 5.70. The van der Waals surface area contributed by atoms with Crippen molar-refractivity contribution in [1.82, 2.24) is 0 Å². The normalized spacial score (nSPS) is 9.55. The molecule has 0 fully saturated rings. The molecule has 1 aromatic rings. The van der Waals surface area contributed by atoms with Crippen LogP contribution in [0.4, 0.5) is 11.4 Å². The molecule has 0 aliphatic carbocycles. The van der Waals surface area contributed by atoms with Gasteiger partial charge in [0.15, 0.2) is 0 Å². The number of para-hydroxylation sites is 1. The van der Waals surface area contributed by atoms with Gasteiger partial charge in [-0.05, 0) is 18.6 Å². The third-order valence-corrected chi connectivity index (χ3v) is 1.60. The molecule has 0 radical (unpaired) electrons. The van der Waals surface area contributed by atoms with Crippen molar-refractivity contribution in [2.45, 2.75) is 6.92 Å². The number of benzene rings is 1. The molecular formula is C9H12N2. The Hall–Kier alpha value is -1.44. The molecular weight excluding hydrogens is 136 g/mol. The van der Waals surface area contributed by atoms with E-state index >= 15 is 0 Å². The molecule has 0 amide bonds. The lowest BCUT2D eigenvalue weighted by molar-refractivity contribution is 1.57. The van der Waals surface area contributed by atoms with E-state index in [1.54, 1.807) is 6.07 Å². The Morgan fingerprint density at radius 3 is 2.45 bits per heavy atom. The fourth-order valence-electron chi connectivity index (χ4n) is 0.955. The van der Waals surface area contributed by atoms with Gasteiger partial charge in [-0.3, -0.25) is 0 Å². The molecule has 0 spiro atoms. The molecule has 1 rings (SSSR count). The maximum Gasteiger partial charge on any atom is 0.0623 e. The largest absolute Gasteiger partial charge is 0.397 e. The number of hydrogen-bond acceptors (Lipinski definition) is 2. The van der Waals surface area contributed by atoms with Crippen molar-refractivity contribution < 1.29 is 0 Å². The highest BCUT2D eigenvalue weighted by Crippen LogP contribution is 2.24. The molecule has 0 aromatic heterocycles. The van der Waals surface area contributed by atoms with E-state index in [1.807, 2.05) is 19.1 Å². The highest BCUT2D eigenvalue weighted by Gasteiger charge is 2.00. The number of nitrogens with two attached hydrogens (primary N) is 2. The molecule has 0 atom stereocenters. The molecule has 0 unspecified atom stereocenters. The van der Waals surface area contributed by atoms with Crippen molar-refractivity contribution in [2.24, 2.45) is 0 Å². The van der Waals surface area contributed by atoms with E-state index in [9.17, 15) is 0 Å². The third kappa shape index (κ3) is 1.34. The third-order valence-electron chi connectivity index (χ3n) is 1.60. The van der Waals surface area contributed by atoms with Crippen LogP contribution in [0.5, 0.6) is 0 Å². The Bertz CT molecular complexity index is 290. The van der Waals surface area contributed by atoms with Crippen LogP contribution < -0.4 is 11.5 Å². The molecule has 0 bridgehead atoms. The fraction of sp³-hybridized carbons (Fsp3) is 0.111. The summed E-state index contributed by atoms with van der Waals surface area (Å²) in [5.41, 5.74) is 14.4. The summed E-state index contributed by atoms with van der Waals surface area (Å²) in [6.45, 7) is 5.70. The predicted octanol–water partition coefficient (Wildman–Crippen LogP) is 1.88. The minimum atomic E-state index is 0.616. The molecule has 11 heavy (non-hydrogen) atoms. The second-order valence-corrected chi connectivity index (χ2v) is 2.59. The van der Waals surface area contributed by atoms with Gasteiger partial charge in [0, 0.05) is 5.56 Å². The van der Waals surface area contributed by atoms with Crippen LogP contribution in [0.3, 0.4) is 0 Å². The zero-order chi connectivity index (χ0) is 8.43. The highest BCUT2D eigenvalue weighted by atomic mass is 14.7. The van der Waals surface area contributed by atoms with Gasteiger partial charge in [-0.2, -0.15) is 0 Å². The van der Waals surface area contributed by atoms with E-state index in [4.69, 9.17) is 11.5 Å². The van der Waals surface area contributed by atoms with Crippen LogP contribution in [0.1, 0.15) is 12.5 Å². The number of allylic oxidation sites excluding steroid dienone is 1. The number of rotatable bonds is 1. The van der Waals surface area contributed by atoms with Crippen molar-refractivity contribution in [1.29, 1.82) is 0 Å². The molecule has 58 valence electrons. The Morgan fingerprint density at radius 1 is 1.36 bits per heavy atom. The van der Waals surface area contributed by atoms with E-state index in [2.05, 4.69) is 6.58 Å². The predicted molar refractivity (Wildman–Crippen MR) is 50.0 cm³/mol. The maximum atomic E-state index is 5.70. The van der Waals surface area contributed by atoms with Crippen molar-refractivity contribution in [3.63, 3.8) is 0 Å². The first-order chi connectivity index (χ1) is 5.13. The average molecular weight is 148 g/mol. The zero-order valence-electron chi connectivity index (χ0n) is 6.59. The molecule has 4 N–H and O–H groups in total. The Labute approximate surface area is 66.5 Å². The molecule has 0 saturated heterocycles. The van der Waals surface area contributed by atoms with Crippen LogP contribution in [0, 0.1) is 0 Å². The monoisotopic (exact) mass is 148 g/mol. The molecule has 2 heteroatoms. The van der Waals surface area contributed by atoms with Gasteiger partial charge in [-0.25, -0.2) is 0 Å². The molecule has 0 aliphatic rings. The first-order valence-corrected chi connectivity index (χ1v) is 3.42. The lowest BCUT2D eigenvalue weighted by Gasteiger charge is -2.06. The van der Waals surface area contributed by atoms with Crippen LogP contribution in [0.25, 0.3) is 5.57 Å². The van der Waals surface area contributed by atoms with Crippen LogP contribution >= 0.6 is 0 Å². The minimum absolute atomic E-state index is 0.616. The topological polar surface area (TPSA) is 52.0 Å². The summed E-state index contributed by atoms with van der Waals surface area (Å²) in [7, 11) is 0. The van der Waals surface area contributed by atoms with E-state index in [0.717, 1.165) is 11.1 Å². The Morgan fingerprint density at radius 2 is 2.00 bits per heavy atom. The van der Waals surface area contributed by atoms with Crippen LogP contribution in [0.15, 0.2) is 24.8 Å². The smallest absolute Gasteiger partial charge is 0.0623 e. The SMILES string of the molecule is C=C(C)c1cccc(N)c1N. The van der Waals surface area contributed by atoms with Gasteiger partial charge >= 0.3 is 0 Å². The lowest BCUT2D eigenvalue weighted by atomic mass is 10.1. The lowest BCUT2D eigenvalue weighted by Crippen LogP contribution is -1.97. The highest BCUT2D eigenvalue weighted by molar-refractivity contribution is 5.80. The summed E-state index contributed by atoms with van der Waals surface area (Å²) >= 11 is 0. The van der Waals surface area contributed by atoms with Gasteiger partial charge in [0.2, 0.25) is 0 Å². The first-order valence-electron chi connectivity index (χ1n) is 3.42.